The highest BCUT2D eigenvalue weighted by Gasteiger charge is 2.20. The van der Waals surface area contributed by atoms with Crippen molar-refractivity contribution in [2.75, 3.05) is 12.5 Å². The normalized spacial score (nSPS) is 12.3. The predicted molar refractivity (Wildman–Crippen MR) is 93.1 cm³/mol. The van der Waals surface area contributed by atoms with Crippen molar-refractivity contribution in [2.24, 2.45) is 0 Å². The van der Waals surface area contributed by atoms with Crippen molar-refractivity contribution in [3.8, 4) is 0 Å². The van der Waals surface area contributed by atoms with Crippen LogP contribution in [-0.2, 0) is 25.6 Å². The number of fused-ring (bicyclic) bond motifs is 1. The molecular formula is C14H12Cl3NO5S. The van der Waals surface area contributed by atoms with Crippen LogP contribution in [0.25, 0.3) is 10.2 Å². The molecule has 6 nitrogen and oxygen atoms in total. The Balaban J connectivity index is 1.99. The van der Waals surface area contributed by atoms with Gasteiger partial charge in [-0.2, -0.15) is 0 Å². The van der Waals surface area contributed by atoms with E-state index in [9.17, 15) is 14.4 Å². The van der Waals surface area contributed by atoms with Crippen LogP contribution in [0.15, 0.2) is 29.1 Å². The van der Waals surface area contributed by atoms with Crippen LogP contribution in [0.5, 0.6) is 0 Å². The molecule has 2 aromatic rings. The largest absolute Gasteiger partial charge is 0.460 e. The van der Waals surface area contributed by atoms with Gasteiger partial charge in [0, 0.05) is 0 Å². The summed E-state index contributed by atoms with van der Waals surface area (Å²) in [5.74, 6) is -1.62. The van der Waals surface area contributed by atoms with E-state index in [4.69, 9.17) is 44.3 Å². The fourth-order valence-corrected chi connectivity index (χ4v) is 3.03. The second kappa shape index (κ2) is 8.71. The number of alkyl halides is 3. The highest BCUT2D eigenvalue weighted by atomic mass is 35.5. The van der Waals surface area contributed by atoms with Crippen LogP contribution in [-0.4, -0.2) is 39.9 Å². The Hall–Kier alpha value is -1.28. The summed E-state index contributed by atoms with van der Waals surface area (Å²) in [6, 6.07) is 7.10. The number of benzene rings is 1. The maximum Gasteiger partial charge on any atom is 0.339 e. The Morgan fingerprint density at radius 1 is 1.25 bits per heavy atom. The first-order chi connectivity index (χ1) is 11.4. The van der Waals surface area contributed by atoms with Gasteiger partial charge in [0.2, 0.25) is 4.84 Å². The van der Waals surface area contributed by atoms with Crippen molar-refractivity contribution in [3.05, 3.63) is 33.9 Å². The van der Waals surface area contributed by atoms with Gasteiger partial charge in [-0.25, -0.2) is 4.79 Å². The number of rotatable bonds is 7. The Bertz CT molecular complexity index is 788. The molecule has 0 saturated heterocycles. The van der Waals surface area contributed by atoms with Crippen molar-refractivity contribution < 1.29 is 19.1 Å². The minimum Gasteiger partial charge on any atom is -0.460 e. The molecule has 0 bridgehead atoms. The fraction of sp³-hybridized carbons (Fsp3) is 0.357. The van der Waals surface area contributed by atoms with Crippen molar-refractivity contribution >= 4 is 68.3 Å². The first-order valence-electron chi connectivity index (χ1n) is 6.71. The number of para-hydroxylation sites is 1. The molecule has 0 N–H and O–H groups in total. The zero-order valence-corrected chi connectivity index (χ0v) is 15.2. The number of hydrogen-bond acceptors (Lipinski definition) is 6. The maximum atomic E-state index is 12.0. The predicted octanol–water partition coefficient (Wildman–Crippen LogP) is 2.56. The van der Waals surface area contributed by atoms with Gasteiger partial charge in [0.15, 0.2) is 0 Å². The molecule has 1 aromatic heterocycles. The second-order valence-corrected chi connectivity index (χ2v) is 7.02. The average molecular weight is 413 g/mol. The highest BCUT2D eigenvalue weighted by Crippen LogP contribution is 2.16. The van der Waals surface area contributed by atoms with Gasteiger partial charge < -0.3 is 9.47 Å². The van der Waals surface area contributed by atoms with E-state index < -0.39 is 22.9 Å². The highest BCUT2D eigenvalue weighted by molar-refractivity contribution is 7.16. The van der Waals surface area contributed by atoms with Crippen LogP contribution in [0, 0.1) is 0 Å². The van der Waals surface area contributed by atoms with Crippen LogP contribution in [0.4, 0.5) is 0 Å². The molecule has 0 radical (unpaired) electrons. The molecule has 10 heteroatoms. The van der Waals surface area contributed by atoms with Gasteiger partial charge in [-0.05, 0) is 12.1 Å². The number of hydrogen-bond donors (Lipinski definition) is 0. The number of esters is 2. The van der Waals surface area contributed by atoms with E-state index in [1.807, 2.05) is 0 Å². The van der Waals surface area contributed by atoms with E-state index >= 15 is 0 Å². The summed E-state index contributed by atoms with van der Waals surface area (Å²) in [6.45, 7) is -0.541. The standard InChI is InChI=1S/C14H12Cl3NO5S/c15-5-8(7-22-13(20)12(16)17)23-11(19)6-18-9-3-1-2-4-10(9)24-14(18)21/h1-4,8,12H,5-7H2/t8-/m1/s1. The minimum atomic E-state index is -1.33. The fourth-order valence-electron chi connectivity index (χ4n) is 1.86. The van der Waals surface area contributed by atoms with E-state index in [0.29, 0.717) is 5.52 Å². The third-order valence-corrected chi connectivity index (χ3v) is 4.58. The molecule has 0 saturated carbocycles. The molecule has 24 heavy (non-hydrogen) atoms. The number of ether oxygens (including phenoxy) is 2. The lowest BCUT2D eigenvalue weighted by Gasteiger charge is -2.16. The number of aromatic nitrogens is 1. The van der Waals surface area contributed by atoms with E-state index in [1.165, 1.54) is 4.57 Å². The van der Waals surface area contributed by atoms with E-state index in [-0.39, 0.29) is 23.9 Å². The number of thiazole rings is 1. The molecule has 0 spiro atoms. The van der Waals surface area contributed by atoms with E-state index in [1.54, 1.807) is 24.3 Å². The van der Waals surface area contributed by atoms with Gasteiger partial charge in [0.1, 0.15) is 19.3 Å². The van der Waals surface area contributed by atoms with Crippen LogP contribution in [0.1, 0.15) is 0 Å². The van der Waals surface area contributed by atoms with Crippen molar-refractivity contribution in [1.29, 1.82) is 0 Å². The van der Waals surface area contributed by atoms with Crippen molar-refractivity contribution in [1.82, 2.24) is 4.57 Å². The number of nitrogens with zero attached hydrogens (tertiary/aromatic N) is 1. The first kappa shape index (κ1) is 19.1. The lowest BCUT2D eigenvalue weighted by atomic mass is 10.3. The Morgan fingerprint density at radius 2 is 1.96 bits per heavy atom. The van der Waals surface area contributed by atoms with Crippen LogP contribution < -0.4 is 4.87 Å². The second-order valence-electron chi connectivity index (χ2n) is 4.62. The van der Waals surface area contributed by atoms with Gasteiger partial charge in [-0.1, -0.05) is 46.7 Å². The number of carbonyl (C=O) groups is 2. The number of halogens is 3. The lowest BCUT2D eigenvalue weighted by molar-refractivity contribution is -0.157. The molecule has 1 heterocycles. The summed E-state index contributed by atoms with van der Waals surface area (Å²) in [5.41, 5.74) is 0.644. The molecule has 0 aliphatic rings. The van der Waals surface area contributed by atoms with Gasteiger partial charge >= 0.3 is 16.8 Å². The SMILES string of the molecule is O=C(Cn1c(=O)sc2ccccc21)O[C@H](CCl)COC(=O)C(Cl)Cl. The Morgan fingerprint density at radius 3 is 2.62 bits per heavy atom. The van der Waals surface area contributed by atoms with Crippen LogP contribution in [0.3, 0.4) is 0 Å². The van der Waals surface area contributed by atoms with Gasteiger partial charge in [0.05, 0.1) is 16.1 Å². The summed E-state index contributed by atoms with van der Waals surface area (Å²) in [6.07, 6.45) is -0.865. The minimum absolute atomic E-state index is 0.0897. The van der Waals surface area contributed by atoms with Gasteiger partial charge in [-0.3, -0.25) is 14.2 Å². The number of carbonyl (C=O) groups excluding carboxylic acids is 2. The summed E-state index contributed by atoms with van der Waals surface area (Å²) in [7, 11) is 0. The molecular weight excluding hydrogens is 401 g/mol. The molecule has 1 aromatic carbocycles. The Labute approximate surface area is 155 Å². The topological polar surface area (TPSA) is 74.6 Å². The summed E-state index contributed by atoms with van der Waals surface area (Å²) in [4.78, 5) is 33.6. The summed E-state index contributed by atoms with van der Waals surface area (Å²) < 4.78 is 12.0. The van der Waals surface area contributed by atoms with Gasteiger partial charge in [0.25, 0.3) is 0 Å². The molecule has 1 atom stereocenters. The molecule has 0 aliphatic heterocycles. The van der Waals surface area contributed by atoms with Crippen LogP contribution >= 0.6 is 46.1 Å². The third-order valence-electron chi connectivity index (χ3n) is 2.92. The molecule has 0 aliphatic carbocycles. The maximum absolute atomic E-state index is 12.0. The third kappa shape index (κ3) is 4.86. The molecule has 2 rings (SSSR count). The van der Waals surface area contributed by atoms with Crippen molar-refractivity contribution in [3.63, 3.8) is 0 Å². The van der Waals surface area contributed by atoms with Gasteiger partial charge in [-0.15, -0.1) is 11.6 Å². The van der Waals surface area contributed by atoms with Crippen molar-refractivity contribution in [2.45, 2.75) is 17.5 Å². The average Bonchev–Trinajstić information content (AvgIpc) is 2.86. The lowest BCUT2D eigenvalue weighted by Crippen LogP contribution is -2.30. The summed E-state index contributed by atoms with van der Waals surface area (Å²) >= 11 is 17.4. The zero-order valence-electron chi connectivity index (χ0n) is 12.1. The monoisotopic (exact) mass is 411 g/mol. The molecule has 0 unspecified atom stereocenters. The molecule has 0 fully saturated rings. The van der Waals surface area contributed by atoms with E-state index in [2.05, 4.69) is 0 Å². The Kier molecular flexibility index (Phi) is 6.91. The van der Waals surface area contributed by atoms with E-state index in [0.717, 1.165) is 16.0 Å². The molecule has 0 amide bonds. The molecule has 130 valence electrons. The smallest absolute Gasteiger partial charge is 0.339 e. The summed E-state index contributed by atoms with van der Waals surface area (Å²) in [5, 5.41) is 0. The quantitative estimate of drug-likeness (QED) is 0.516. The van der Waals surface area contributed by atoms with Crippen LogP contribution in [0.2, 0.25) is 0 Å². The zero-order chi connectivity index (χ0) is 17.7. The first-order valence-corrected chi connectivity index (χ1v) is 8.93.